The van der Waals surface area contributed by atoms with Crippen LogP contribution in [0.1, 0.15) is 38.3 Å². The van der Waals surface area contributed by atoms with Crippen LogP contribution in [0.25, 0.3) is 0 Å². The third kappa shape index (κ3) is 2.05. The maximum absolute atomic E-state index is 5.35. The molecule has 16 heavy (non-hydrogen) atoms. The second kappa shape index (κ2) is 4.83. The topological polar surface area (TPSA) is 25.4 Å². The Morgan fingerprint density at radius 2 is 2.31 bits per heavy atom. The van der Waals surface area contributed by atoms with Crippen molar-refractivity contribution in [1.82, 2.24) is 9.88 Å². The van der Waals surface area contributed by atoms with E-state index in [1.54, 1.807) is 13.3 Å². The van der Waals surface area contributed by atoms with Crippen molar-refractivity contribution in [2.24, 2.45) is 0 Å². The molecule has 0 spiro atoms. The highest BCUT2D eigenvalue weighted by Crippen LogP contribution is 2.36. The monoisotopic (exact) mass is 220 g/mol. The average Bonchev–Trinajstić information content (AvgIpc) is 2.77. The van der Waals surface area contributed by atoms with E-state index in [0.29, 0.717) is 12.1 Å². The van der Waals surface area contributed by atoms with Crippen LogP contribution in [0.4, 0.5) is 0 Å². The fourth-order valence-corrected chi connectivity index (χ4v) is 2.57. The molecule has 1 aromatic heterocycles. The third-order valence-corrected chi connectivity index (χ3v) is 3.31. The molecule has 0 aliphatic carbocycles. The minimum Gasteiger partial charge on any atom is -0.481 e. The van der Waals surface area contributed by atoms with Crippen LogP contribution in [0, 0.1) is 0 Å². The molecule has 1 aromatic rings. The number of aromatic nitrogens is 1. The minimum absolute atomic E-state index is 0.476. The maximum Gasteiger partial charge on any atom is 0.217 e. The van der Waals surface area contributed by atoms with Crippen LogP contribution >= 0.6 is 0 Å². The minimum atomic E-state index is 0.476. The molecule has 1 aliphatic rings. The zero-order chi connectivity index (χ0) is 11.5. The lowest BCUT2D eigenvalue weighted by Crippen LogP contribution is -2.30. The average molecular weight is 220 g/mol. The molecule has 2 rings (SSSR count). The van der Waals surface area contributed by atoms with Crippen molar-refractivity contribution in [2.75, 3.05) is 13.7 Å². The van der Waals surface area contributed by atoms with Crippen molar-refractivity contribution in [3.63, 3.8) is 0 Å². The summed E-state index contributed by atoms with van der Waals surface area (Å²) in [6.45, 7) is 5.68. The number of ether oxygens (including phenoxy) is 1. The molecular formula is C13H20N2O. The highest BCUT2D eigenvalue weighted by Gasteiger charge is 2.30. The van der Waals surface area contributed by atoms with E-state index < -0.39 is 0 Å². The predicted octanol–water partition coefficient (Wildman–Crippen LogP) is 2.64. The van der Waals surface area contributed by atoms with E-state index in [1.807, 2.05) is 6.07 Å². The highest BCUT2D eigenvalue weighted by molar-refractivity contribution is 5.29. The van der Waals surface area contributed by atoms with Gasteiger partial charge in [-0.3, -0.25) is 4.90 Å². The quantitative estimate of drug-likeness (QED) is 0.783. The fraction of sp³-hybridized carbons (Fsp3) is 0.615. The molecule has 1 saturated heterocycles. The lowest BCUT2D eigenvalue weighted by Gasteiger charge is -2.29. The van der Waals surface area contributed by atoms with Gasteiger partial charge in [-0.1, -0.05) is 6.07 Å². The standard InChI is InChI=1S/C13H20N2O/c1-10(2)15-9-5-7-12(15)11-6-4-8-14-13(11)16-3/h4,6,8,10,12H,5,7,9H2,1-3H3. The van der Waals surface area contributed by atoms with Crippen molar-refractivity contribution in [3.05, 3.63) is 23.9 Å². The van der Waals surface area contributed by atoms with E-state index in [9.17, 15) is 0 Å². The molecule has 2 heterocycles. The summed E-state index contributed by atoms with van der Waals surface area (Å²) in [6, 6.07) is 5.19. The second-order valence-electron chi connectivity index (χ2n) is 4.59. The summed E-state index contributed by atoms with van der Waals surface area (Å²) in [6.07, 6.45) is 4.26. The number of nitrogens with zero attached hydrogens (tertiary/aromatic N) is 2. The molecule has 3 nitrogen and oxygen atoms in total. The Hall–Kier alpha value is -1.09. The first-order valence-corrected chi connectivity index (χ1v) is 5.98. The number of hydrogen-bond acceptors (Lipinski definition) is 3. The molecule has 0 radical (unpaired) electrons. The Labute approximate surface area is 97.4 Å². The molecule has 0 aromatic carbocycles. The van der Waals surface area contributed by atoms with Gasteiger partial charge in [0.25, 0.3) is 0 Å². The van der Waals surface area contributed by atoms with Gasteiger partial charge < -0.3 is 4.74 Å². The van der Waals surface area contributed by atoms with Crippen molar-refractivity contribution in [1.29, 1.82) is 0 Å². The second-order valence-corrected chi connectivity index (χ2v) is 4.59. The third-order valence-electron chi connectivity index (χ3n) is 3.31. The molecule has 0 N–H and O–H groups in total. The fourth-order valence-electron chi connectivity index (χ4n) is 2.57. The Morgan fingerprint density at radius 1 is 1.50 bits per heavy atom. The SMILES string of the molecule is COc1ncccc1C1CCCN1C(C)C. The lowest BCUT2D eigenvalue weighted by atomic mass is 10.1. The largest absolute Gasteiger partial charge is 0.481 e. The van der Waals surface area contributed by atoms with E-state index in [1.165, 1.54) is 24.9 Å². The highest BCUT2D eigenvalue weighted by atomic mass is 16.5. The van der Waals surface area contributed by atoms with Crippen LogP contribution in [0.5, 0.6) is 5.88 Å². The van der Waals surface area contributed by atoms with Gasteiger partial charge in [0.05, 0.1) is 7.11 Å². The molecule has 0 amide bonds. The Morgan fingerprint density at radius 3 is 3.00 bits per heavy atom. The maximum atomic E-state index is 5.35. The first-order valence-electron chi connectivity index (χ1n) is 5.98. The van der Waals surface area contributed by atoms with E-state index in [-0.39, 0.29) is 0 Å². The molecule has 0 bridgehead atoms. The van der Waals surface area contributed by atoms with Gasteiger partial charge in [0.1, 0.15) is 0 Å². The molecule has 1 unspecified atom stereocenters. The van der Waals surface area contributed by atoms with E-state index in [0.717, 1.165) is 5.88 Å². The van der Waals surface area contributed by atoms with Crippen molar-refractivity contribution < 1.29 is 4.74 Å². The van der Waals surface area contributed by atoms with Crippen molar-refractivity contribution >= 4 is 0 Å². The van der Waals surface area contributed by atoms with E-state index in [2.05, 4.69) is 29.8 Å². The first kappa shape index (κ1) is 11.4. The Bertz CT molecular complexity index is 352. The van der Waals surface area contributed by atoms with Gasteiger partial charge in [0, 0.05) is 23.8 Å². The summed E-state index contributed by atoms with van der Waals surface area (Å²) in [5, 5.41) is 0. The summed E-state index contributed by atoms with van der Waals surface area (Å²) in [4.78, 5) is 6.81. The number of pyridine rings is 1. The Kier molecular flexibility index (Phi) is 3.44. The van der Waals surface area contributed by atoms with Gasteiger partial charge in [0.2, 0.25) is 5.88 Å². The van der Waals surface area contributed by atoms with Crippen LogP contribution in [0.3, 0.4) is 0 Å². The molecule has 1 fully saturated rings. The smallest absolute Gasteiger partial charge is 0.217 e. The summed E-state index contributed by atoms with van der Waals surface area (Å²) < 4.78 is 5.35. The van der Waals surface area contributed by atoms with Crippen molar-refractivity contribution in [3.8, 4) is 5.88 Å². The summed E-state index contributed by atoms with van der Waals surface area (Å²) in [5.41, 5.74) is 1.23. The number of rotatable bonds is 3. The van der Waals surface area contributed by atoms with Crippen LogP contribution < -0.4 is 4.74 Å². The van der Waals surface area contributed by atoms with Gasteiger partial charge in [0.15, 0.2) is 0 Å². The summed E-state index contributed by atoms with van der Waals surface area (Å²) in [7, 11) is 1.69. The predicted molar refractivity (Wildman–Crippen MR) is 64.6 cm³/mol. The van der Waals surface area contributed by atoms with Crippen molar-refractivity contribution in [2.45, 2.75) is 38.8 Å². The van der Waals surface area contributed by atoms with Crippen LogP contribution in [-0.2, 0) is 0 Å². The normalized spacial score (nSPS) is 21.6. The van der Waals surface area contributed by atoms with Gasteiger partial charge >= 0.3 is 0 Å². The van der Waals surface area contributed by atoms with E-state index in [4.69, 9.17) is 4.74 Å². The number of methoxy groups -OCH3 is 1. The Balaban J connectivity index is 2.28. The molecule has 88 valence electrons. The molecule has 0 saturated carbocycles. The number of hydrogen-bond donors (Lipinski definition) is 0. The van der Waals surface area contributed by atoms with E-state index >= 15 is 0 Å². The molecule has 3 heteroatoms. The van der Waals surface area contributed by atoms with Crippen LogP contribution in [0.2, 0.25) is 0 Å². The van der Waals surface area contributed by atoms with Crippen LogP contribution in [0.15, 0.2) is 18.3 Å². The molecular weight excluding hydrogens is 200 g/mol. The lowest BCUT2D eigenvalue weighted by molar-refractivity contribution is 0.201. The van der Waals surface area contributed by atoms with Gasteiger partial charge in [-0.25, -0.2) is 4.98 Å². The van der Waals surface area contributed by atoms with Crippen LogP contribution in [-0.4, -0.2) is 29.6 Å². The van der Waals surface area contributed by atoms with Gasteiger partial charge in [-0.05, 0) is 39.3 Å². The van der Waals surface area contributed by atoms with Gasteiger partial charge in [-0.2, -0.15) is 0 Å². The summed E-state index contributed by atoms with van der Waals surface area (Å²) >= 11 is 0. The van der Waals surface area contributed by atoms with Gasteiger partial charge in [-0.15, -0.1) is 0 Å². The zero-order valence-corrected chi connectivity index (χ0v) is 10.3. The number of likely N-dealkylation sites (tertiary alicyclic amines) is 1. The summed E-state index contributed by atoms with van der Waals surface area (Å²) in [5.74, 6) is 0.778. The first-order chi connectivity index (χ1) is 7.74. The molecule has 1 aliphatic heterocycles. The zero-order valence-electron chi connectivity index (χ0n) is 10.3. The molecule has 1 atom stereocenters.